The van der Waals surface area contributed by atoms with Gasteiger partial charge in [0.2, 0.25) is 0 Å². The van der Waals surface area contributed by atoms with Crippen molar-refractivity contribution in [3.63, 3.8) is 0 Å². The minimum absolute atomic E-state index is 0.746. The first kappa shape index (κ1) is 14.3. The Bertz CT molecular complexity index is 913. The summed E-state index contributed by atoms with van der Waals surface area (Å²) in [6.07, 6.45) is 3.84. The number of aromatic amines is 1. The summed E-state index contributed by atoms with van der Waals surface area (Å²) >= 11 is 7.73. The first-order chi connectivity index (χ1) is 11.3. The molecule has 3 aromatic heterocycles. The number of thiophene rings is 1. The number of hydrogen-bond acceptors (Lipinski definition) is 3. The Morgan fingerprint density at radius 2 is 1.96 bits per heavy atom. The standard InChI is InChI=1S/C18H14ClN3S/c19-14-3-5-15(6-4-14)22(16-7-9-23-12-16)11-13-10-21-18-17(13)2-1-8-20-18/h1-10,12H,11H2,(H,20,21). The topological polar surface area (TPSA) is 31.9 Å². The maximum absolute atomic E-state index is 6.03. The van der Waals surface area contributed by atoms with Crippen molar-refractivity contribution < 1.29 is 0 Å². The molecule has 1 aromatic carbocycles. The van der Waals surface area contributed by atoms with Crippen molar-refractivity contribution in [2.75, 3.05) is 4.90 Å². The van der Waals surface area contributed by atoms with E-state index in [2.05, 4.69) is 37.8 Å². The fourth-order valence-electron chi connectivity index (χ4n) is 2.68. The van der Waals surface area contributed by atoms with Crippen LogP contribution in [0.2, 0.25) is 5.02 Å². The van der Waals surface area contributed by atoms with E-state index in [0.29, 0.717) is 0 Å². The van der Waals surface area contributed by atoms with Gasteiger partial charge in [-0.15, -0.1) is 0 Å². The zero-order chi connectivity index (χ0) is 15.6. The highest BCUT2D eigenvalue weighted by molar-refractivity contribution is 7.08. The zero-order valence-electron chi connectivity index (χ0n) is 12.2. The molecule has 0 spiro atoms. The van der Waals surface area contributed by atoms with Crippen LogP contribution in [-0.2, 0) is 6.54 Å². The monoisotopic (exact) mass is 339 g/mol. The highest BCUT2D eigenvalue weighted by Crippen LogP contribution is 2.31. The SMILES string of the molecule is Clc1ccc(N(Cc2c[nH]c3ncccc23)c2ccsc2)cc1. The van der Waals surface area contributed by atoms with Gasteiger partial charge >= 0.3 is 0 Å². The summed E-state index contributed by atoms with van der Waals surface area (Å²) in [5.74, 6) is 0. The van der Waals surface area contributed by atoms with Gasteiger partial charge in [-0.25, -0.2) is 4.98 Å². The van der Waals surface area contributed by atoms with Crippen LogP contribution in [0.4, 0.5) is 11.4 Å². The van der Waals surface area contributed by atoms with Gasteiger partial charge in [0.25, 0.3) is 0 Å². The van der Waals surface area contributed by atoms with E-state index in [0.717, 1.165) is 28.3 Å². The summed E-state index contributed by atoms with van der Waals surface area (Å²) in [7, 11) is 0. The van der Waals surface area contributed by atoms with E-state index < -0.39 is 0 Å². The molecule has 3 heterocycles. The third-order valence-corrected chi connectivity index (χ3v) is 4.74. The Hall–Kier alpha value is -2.30. The van der Waals surface area contributed by atoms with Gasteiger partial charge in [-0.05, 0) is 53.4 Å². The van der Waals surface area contributed by atoms with E-state index in [1.807, 2.05) is 36.5 Å². The van der Waals surface area contributed by atoms with Crippen molar-refractivity contribution in [3.05, 3.63) is 76.2 Å². The molecule has 5 heteroatoms. The lowest BCUT2D eigenvalue weighted by Crippen LogP contribution is -2.15. The summed E-state index contributed by atoms with van der Waals surface area (Å²) < 4.78 is 0. The second kappa shape index (κ2) is 6.07. The van der Waals surface area contributed by atoms with Crippen molar-refractivity contribution in [1.82, 2.24) is 9.97 Å². The summed E-state index contributed by atoms with van der Waals surface area (Å²) in [4.78, 5) is 9.89. The fourth-order valence-corrected chi connectivity index (χ4v) is 3.45. The molecule has 0 atom stereocenters. The molecule has 0 amide bonds. The van der Waals surface area contributed by atoms with Gasteiger partial charge in [0.15, 0.2) is 0 Å². The second-order valence-corrected chi connectivity index (χ2v) is 6.47. The summed E-state index contributed by atoms with van der Waals surface area (Å²) in [6.45, 7) is 0.768. The van der Waals surface area contributed by atoms with Crippen LogP contribution in [-0.4, -0.2) is 9.97 Å². The molecule has 23 heavy (non-hydrogen) atoms. The second-order valence-electron chi connectivity index (χ2n) is 5.26. The maximum atomic E-state index is 6.03. The fraction of sp³-hybridized carbons (Fsp3) is 0.0556. The van der Waals surface area contributed by atoms with Crippen LogP contribution in [0.25, 0.3) is 11.0 Å². The Balaban J connectivity index is 1.75. The summed E-state index contributed by atoms with van der Waals surface area (Å²) in [5.41, 5.74) is 4.43. The predicted molar refractivity (Wildman–Crippen MR) is 97.7 cm³/mol. The average Bonchev–Trinajstić information content (AvgIpc) is 3.24. The Kier molecular flexibility index (Phi) is 3.77. The number of halogens is 1. The molecule has 0 aliphatic heterocycles. The number of anilines is 2. The first-order valence-electron chi connectivity index (χ1n) is 7.27. The smallest absolute Gasteiger partial charge is 0.137 e. The van der Waals surface area contributed by atoms with Crippen LogP contribution in [0.5, 0.6) is 0 Å². The first-order valence-corrected chi connectivity index (χ1v) is 8.59. The number of nitrogens with zero attached hydrogens (tertiary/aromatic N) is 2. The lowest BCUT2D eigenvalue weighted by molar-refractivity contribution is 0.987. The quantitative estimate of drug-likeness (QED) is 0.523. The van der Waals surface area contributed by atoms with Gasteiger partial charge in [-0.2, -0.15) is 11.3 Å². The molecular weight excluding hydrogens is 326 g/mol. The van der Waals surface area contributed by atoms with Crippen LogP contribution in [0.15, 0.2) is 65.6 Å². The third-order valence-electron chi connectivity index (χ3n) is 3.82. The molecule has 0 saturated carbocycles. The van der Waals surface area contributed by atoms with Gasteiger partial charge in [-0.3, -0.25) is 0 Å². The number of benzene rings is 1. The molecule has 0 unspecified atom stereocenters. The Morgan fingerprint density at radius 3 is 2.74 bits per heavy atom. The number of aromatic nitrogens is 2. The van der Waals surface area contributed by atoms with Crippen LogP contribution in [0.3, 0.4) is 0 Å². The highest BCUT2D eigenvalue weighted by atomic mass is 35.5. The van der Waals surface area contributed by atoms with Gasteiger partial charge in [0.05, 0.1) is 12.2 Å². The molecule has 0 fully saturated rings. The van der Waals surface area contributed by atoms with E-state index in [-0.39, 0.29) is 0 Å². The molecule has 0 bridgehead atoms. The van der Waals surface area contributed by atoms with Gasteiger partial charge < -0.3 is 9.88 Å². The molecular formula is C18H14ClN3S. The van der Waals surface area contributed by atoms with Gasteiger partial charge in [0, 0.05) is 33.9 Å². The van der Waals surface area contributed by atoms with Gasteiger partial charge in [0.1, 0.15) is 5.65 Å². The molecule has 3 nitrogen and oxygen atoms in total. The number of nitrogens with one attached hydrogen (secondary N) is 1. The largest absolute Gasteiger partial charge is 0.346 e. The summed E-state index contributed by atoms with van der Waals surface area (Å²) in [5, 5.41) is 6.15. The van der Waals surface area contributed by atoms with Crippen molar-refractivity contribution in [2.45, 2.75) is 6.54 Å². The molecule has 4 rings (SSSR count). The lowest BCUT2D eigenvalue weighted by atomic mass is 10.2. The number of rotatable bonds is 4. The molecule has 114 valence electrons. The minimum atomic E-state index is 0.746. The number of fused-ring (bicyclic) bond motifs is 1. The van der Waals surface area contributed by atoms with Crippen LogP contribution >= 0.6 is 22.9 Å². The average molecular weight is 340 g/mol. The number of H-pyrrole nitrogens is 1. The van der Waals surface area contributed by atoms with E-state index >= 15 is 0 Å². The van der Waals surface area contributed by atoms with E-state index in [9.17, 15) is 0 Å². The van der Waals surface area contributed by atoms with Crippen molar-refractivity contribution in [3.8, 4) is 0 Å². The number of hydrogen-bond donors (Lipinski definition) is 1. The molecule has 0 radical (unpaired) electrons. The lowest BCUT2D eigenvalue weighted by Gasteiger charge is -2.23. The maximum Gasteiger partial charge on any atom is 0.137 e. The third kappa shape index (κ3) is 2.83. The van der Waals surface area contributed by atoms with E-state index in [1.54, 1.807) is 17.5 Å². The summed E-state index contributed by atoms with van der Waals surface area (Å²) in [6, 6.07) is 14.1. The van der Waals surface area contributed by atoms with Crippen molar-refractivity contribution >= 4 is 45.3 Å². The van der Waals surface area contributed by atoms with Crippen LogP contribution < -0.4 is 4.90 Å². The molecule has 0 aliphatic rings. The van der Waals surface area contributed by atoms with E-state index in [1.165, 1.54) is 11.3 Å². The van der Waals surface area contributed by atoms with Crippen molar-refractivity contribution in [2.24, 2.45) is 0 Å². The zero-order valence-corrected chi connectivity index (χ0v) is 13.8. The predicted octanol–water partition coefficient (Wildman–Crippen LogP) is 5.62. The van der Waals surface area contributed by atoms with Crippen molar-refractivity contribution in [1.29, 1.82) is 0 Å². The van der Waals surface area contributed by atoms with Crippen LogP contribution in [0, 0.1) is 0 Å². The molecule has 1 N–H and O–H groups in total. The minimum Gasteiger partial charge on any atom is -0.346 e. The number of pyridine rings is 1. The molecule has 0 aliphatic carbocycles. The molecule has 0 saturated heterocycles. The van der Waals surface area contributed by atoms with E-state index in [4.69, 9.17) is 11.6 Å². The Morgan fingerprint density at radius 1 is 1.09 bits per heavy atom. The van der Waals surface area contributed by atoms with Gasteiger partial charge in [-0.1, -0.05) is 11.6 Å². The van der Waals surface area contributed by atoms with Crippen LogP contribution in [0.1, 0.15) is 5.56 Å². The molecule has 4 aromatic rings. The Labute approximate surface area is 143 Å². The normalized spacial score (nSPS) is 11.0. The highest BCUT2D eigenvalue weighted by Gasteiger charge is 2.13.